The maximum Gasteiger partial charge on any atom is 0.0670 e. The van der Waals surface area contributed by atoms with Gasteiger partial charge in [0.1, 0.15) is 0 Å². The first-order chi connectivity index (χ1) is 7.13. The van der Waals surface area contributed by atoms with Gasteiger partial charge in [-0.3, -0.25) is 4.90 Å². The summed E-state index contributed by atoms with van der Waals surface area (Å²) >= 11 is 0. The summed E-state index contributed by atoms with van der Waals surface area (Å²) in [4.78, 5) is 2.42. The Balaban J connectivity index is 2.27. The van der Waals surface area contributed by atoms with E-state index in [1.807, 2.05) is 6.08 Å². The number of aliphatic hydroxyl groups is 1. The SMILES string of the molecule is C=CCCC(O)CN1CCC(C)CC1C. The van der Waals surface area contributed by atoms with E-state index >= 15 is 0 Å². The Morgan fingerprint density at radius 1 is 1.53 bits per heavy atom. The van der Waals surface area contributed by atoms with Crippen molar-refractivity contribution < 1.29 is 5.11 Å². The highest BCUT2D eigenvalue weighted by atomic mass is 16.3. The summed E-state index contributed by atoms with van der Waals surface area (Å²) in [6.07, 6.45) is 6.01. The van der Waals surface area contributed by atoms with E-state index in [4.69, 9.17) is 0 Å². The van der Waals surface area contributed by atoms with Crippen molar-refractivity contribution in [1.82, 2.24) is 4.90 Å². The molecule has 0 bridgehead atoms. The van der Waals surface area contributed by atoms with Gasteiger partial charge in [0.05, 0.1) is 6.10 Å². The molecule has 1 heterocycles. The lowest BCUT2D eigenvalue weighted by atomic mass is 9.93. The van der Waals surface area contributed by atoms with Crippen molar-refractivity contribution in [2.45, 2.75) is 51.7 Å². The smallest absolute Gasteiger partial charge is 0.0670 e. The van der Waals surface area contributed by atoms with Crippen LogP contribution in [0.15, 0.2) is 12.7 Å². The van der Waals surface area contributed by atoms with Crippen LogP contribution in [0.1, 0.15) is 39.5 Å². The number of aliphatic hydroxyl groups excluding tert-OH is 1. The maximum absolute atomic E-state index is 9.83. The molecule has 0 aromatic rings. The summed E-state index contributed by atoms with van der Waals surface area (Å²) in [6.45, 7) is 10.3. The standard InChI is InChI=1S/C13H25NO/c1-4-5-6-13(15)10-14-8-7-11(2)9-12(14)3/h4,11-13,15H,1,5-10H2,2-3H3. The molecule has 1 fully saturated rings. The van der Waals surface area contributed by atoms with Crippen LogP contribution in [-0.4, -0.2) is 35.2 Å². The van der Waals surface area contributed by atoms with Gasteiger partial charge in [0.15, 0.2) is 0 Å². The Bertz CT molecular complexity index is 193. The molecule has 3 atom stereocenters. The van der Waals surface area contributed by atoms with Crippen LogP contribution in [0.3, 0.4) is 0 Å². The van der Waals surface area contributed by atoms with Crippen molar-refractivity contribution in [3.63, 3.8) is 0 Å². The molecule has 0 aromatic heterocycles. The largest absolute Gasteiger partial charge is 0.392 e. The second kappa shape index (κ2) is 6.29. The normalized spacial score (nSPS) is 30.1. The second-order valence-electron chi connectivity index (χ2n) is 4.99. The van der Waals surface area contributed by atoms with Crippen molar-refractivity contribution in [2.24, 2.45) is 5.92 Å². The van der Waals surface area contributed by atoms with E-state index < -0.39 is 0 Å². The van der Waals surface area contributed by atoms with Crippen molar-refractivity contribution in [3.05, 3.63) is 12.7 Å². The highest BCUT2D eigenvalue weighted by Gasteiger charge is 2.23. The van der Waals surface area contributed by atoms with Gasteiger partial charge in [-0.05, 0) is 45.1 Å². The van der Waals surface area contributed by atoms with Crippen molar-refractivity contribution in [1.29, 1.82) is 0 Å². The summed E-state index contributed by atoms with van der Waals surface area (Å²) in [5.74, 6) is 0.849. The van der Waals surface area contributed by atoms with Crippen LogP contribution in [-0.2, 0) is 0 Å². The summed E-state index contributed by atoms with van der Waals surface area (Å²) in [5, 5.41) is 9.83. The minimum Gasteiger partial charge on any atom is -0.392 e. The van der Waals surface area contributed by atoms with E-state index in [1.165, 1.54) is 12.8 Å². The number of β-amino-alcohol motifs (C(OH)–C–C–N with tert-alkyl or cyclic N) is 1. The molecule has 1 N–H and O–H groups in total. The molecule has 2 heteroatoms. The molecule has 1 aliphatic rings. The number of nitrogens with zero attached hydrogens (tertiary/aromatic N) is 1. The summed E-state index contributed by atoms with van der Waals surface area (Å²) in [5.41, 5.74) is 0. The van der Waals surface area contributed by atoms with E-state index in [9.17, 15) is 5.11 Å². The lowest BCUT2D eigenvalue weighted by Gasteiger charge is -2.37. The minimum absolute atomic E-state index is 0.182. The van der Waals surface area contributed by atoms with Crippen LogP contribution in [0.5, 0.6) is 0 Å². The first kappa shape index (κ1) is 12.7. The van der Waals surface area contributed by atoms with Gasteiger partial charge in [-0.1, -0.05) is 13.0 Å². The van der Waals surface area contributed by atoms with Gasteiger partial charge in [-0.15, -0.1) is 6.58 Å². The lowest BCUT2D eigenvalue weighted by molar-refractivity contribution is 0.0569. The quantitative estimate of drug-likeness (QED) is 0.706. The summed E-state index contributed by atoms with van der Waals surface area (Å²) < 4.78 is 0. The predicted molar refractivity (Wildman–Crippen MR) is 64.9 cm³/mol. The Labute approximate surface area is 94.0 Å². The third kappa shape index (κ3) is 4.35. The third-order valence-corrected chi connectivity index (χ3v) is 3.43. The van der Waals surface area contributed by atoms with Gasteiger partial charge < -0.3 is 5.11 Å². The van der Waals surface area contributed by atoms with Crippen LogP contribution in [0.25, 0.3) is 0 Å². The van der Waals surface area contributed by atoms with E-state index in [2.05, 4.69) is 25.3 Å². The van der Waals surface area contributed by atoms with Crippen LogP contribution < -0.4 is 0 Å². The molecule has 1 saturated heterocycles. The van der Waals surface area contributed by atoms with Gasteiger partial charge in [-0.25, -0.2) is 0 Å². The summed E-state index contributed by atoms with van der Waals surface area (Å²) in [7, 11) is 0. The van der Waals surface area contributed by atoms with E-state index in [0.717, 1.165) is 31.8 Å². The first-order valence-corrected chi connectivity index (χ1v) is 6.16. The summed E-state index contributed by atoms with van der Waals surface area (Å²) in [6, 6.07) is 0.632. The number of rotatable bonds is 5. The fourth-order valence-corrected chi connectivity index (χ4v) is 2.40. The monoisotopic (exact) mass is 211 g/mol. The molecule has 2 nitrogen and oxygen atoms in total. The predicted octanol–water partition coefficient (Wildman–Crippen LogP) is 2.43. The van der Waals surface area contributed by atoms with Crippen molar-refractivity contribution in [2.75, 3.05) is 13.1 Å². The fraction of sp³-hybridized carbons (Fsp3) is 0.846. The molecule has 0 radical (unpaired) electrons. The zero-order valence-corrected chi connectivity index (χ0v) is 10.2. The molecule has 1 aliphatic heterocycles. The fourth-order valence-electron chi connectivity index (χ4n) is 2.40. The zero-order valence-electron chi connectivity index (χ0n) is 10.2. The van der Waals surface area contributed by atoms with E-state index in [0.29, 0.717) is 6.04 Å². The lowest BCUT2D eigenvalue weighted by Crippen LogP contribution is -2.44. The molecule has 0 saturated carbocycles. The van der Waals surface area contributed by atoms with Gasteiger partial charge in [-0.2, -0.15) is 0 Å². The van der Waals surface area contributed by atoms with E-state index in [-0.39, 0.29) is 6.10 Å². The van der Waals surface area contributed by atoms with Crippen molar-refractivity contribution >= 4 is 0 Å². The van der Waals surface area contributed by atoms with Gasteiger partial charge in [0.2, 0.25) is 0 Å². The molecule has 0 spiro atoms. The minimum atomic E-state index is -0.182. The van der Waals surface area contributed by atoms with Crippen LogP contribution in [0.4, 0.5) is 0 Å². The first-order valence-electron chi connectivity index (χ1n) is 6.16. The number of likely N-dealkylation sites (tertiary alicyclic amines) is 1. The van der Waals surface area contributed by atoms with Gasteiger partial charge in [0, 0.05) is 12.6 Å². The van der Waals surface area contributed by atoms with Gasteiger partial charge >= 0.3 is 0 Å². The van der Waals surface area contributed by atoms with Gasteiger partial charge in [0.25, 0.3) is 0 Å². The number of allylic oxidation sites excluding steroid dienone is 1. The van der Waals surface area contributed by atoms with Crippen LogP contribution in [0.2, 0.25) is 0 Å². The number of hydrogen-bond donors (Lipinski definition) is 1. The maximum atomic E-state index is 9.83. The average Bonchev–Trinajstić information content (AvgIpc) is 2.19. The number of piperidine rings is 1. The highest BCUT2D eigenvalue weighted by Crippen LogP contribution is 2.22. The Morgan fingerprint density at radius 2 is 2.27 bits per heavy atom. The third-order valence-electron chi connectivity index (χ3n) is 3.43. The zero-order chi connectivity index (χ0) is 11.3. The second-order valence-corrected chi connectivity index (χ2v) is 4.99. The molecular weight excluding hydrogens is 186 g/mol. The average molecular weight is 211 g/mol. The molecule has 88 valence electrons. The molecule has 0 amide bonds. The Kier molecular flexibility index (Phi) is 5.34. The Morgan fingerprint density at radius 3 is 2.87 bits per heavy atom. The molecule has 0 aromatic carbocycles. The Hall–Kier alpha value is -0.340. The highest BCUT2D eigenvalue weighted by molar-refractivity contribution is 4.79. The van der Waals surface area contributed by atoms with Crippen LogP contribution >= 0.6 is 0 Å². The molecular formula is C13H25NO. The van der Waals surface area contributed by atoms with Crippen LogP contribution in [0, 0.1) is 5.92 Å². The molecule has 1 rings (SSSR count). The van der Waals surface area contributed by atoms with E-state index in [1.54, 1.807) is 0 Å². The number of hydrogen-bond acceptors (Lipinski definition) is 2. The van der Waals surface area contributed by atoms with Crippen molar-refractivity contribution in [3.8, 4) is 0 Å². The molecule has 15 heavy (non-hydrogen) atoms. The topological polar surface area (TPSA) is 23.5 Å². The molecule has 0 aliphatic carbocycles. The molecule has 3 unspecified atom stereocenters.